The van der Waals surface area contributed by atoms with E-state index in [0.29, 0.717) is 24.4 Å². The quantitative estimate of drug-likeness (QED) is 0.836. The van der Waals surface area contributed by atoms with Gasteiger partial charge in [0.15, 0.2) is 0 Å². The maximum Gasteiger partial charge on any atom is 0.327 e. The minimum Gasteiger partial charge on any atom is -0.350 e. The number of hydrogen-bond acceptors (Lipinski definition) is 3. The zero-order valence-electron chi connectivity index (χ0n) is 14.3. The molecular weight excluding hydrogens is 342 g/mol. The molecule has 1 aromatic rings. The first kappa shape index (κ1) is 17.7. The fourth-order valence-corrected chi connectivity index (χ4v) is 3.80. The van der Waals surface area contributed by atoms with Crippen molar-refractivity contribution in [2.45, 2.75) is 44.2 Å². The maximum atomic E-state index is 12.8. The molecule has 6 nitrogen and oxygen atoms in total. The van der Waals surface area contributed by atoms with E-state index in [1.807, 2.05) is 12.1 Å². The van der Waals surface area contributed by atoms with Crippen molar-refractivity contribution in [3.05, 3.63) is 34.9 Å². The van der Waals surface area contributed by atoms with Crippen LogP contribution in [-0.4, -0.2) is 46.8 Å². The number of nitrogens with zero attached hydrogens (tertiary/aromatic N) is 2. The average Bonchev–Trinajstić information content (AvgIpc) is 2.78. The molecule has 3 rings (SSSR count). The zero-order chi connectivity index (χ0) is 18.0. The highest BCUT2D eigenvalue weighted by atomic mass is 35.5. The van der Waals surface area contributed by atoms with Gasteiger partial charge in [-0.3, -0.25) is 14.5 Å². The van der Waals surface area contributed by atoms with Crippen LogP contribution in [0.25, 0.3) is 0 Å². The van der Waals surface area contributed by atoms with Crippen LogP contribution in [0.1, 0.15) is 37.7 Å². The van der Waals surface area contributed by atoms with Crippen LogP contribution in [0.4, 0.5) is 4.79 Å². The number of urea groups is 1. The first-order valence-electron chi connectivity index (χ1n) is 8.55. The minimum atomic E-state index is -0.744. The van der Waals surface area contributed by atoms with E-state index < -0.39 is 5.54 Å². The first-order chi connectivity index (χ1) is 11.9. The lowest BCUT2D eigenvalue weighted by Gasteiger charge is -2.35. The summed E-state index contributed by atoms with van der Waals surface area (Å²) in [4.78, 5) is 40.1. The summed E-state index contributed by atoms with van der Waals surface area (Å²) >= 11 is 5.83. The summed E-state index contributed by atoms with van der Waals surface area (Å²) in [6.07, 6.45) is 4.30. The summed E-state index contributed by atoms with van der Waals surface area (Å²) in [5.74, 6) is -0.584. The van der Waals surface area contributed by atoms with Gasteiger partial charge in [-0.15, -0.1) is 0 Å². The fraction of sp³-hybridized carbons (Fsp3) is 0.500. The number of nitrogens with one attached hydrogen (secondary N) is 1. The third kappa shape index (κ3) is 3.35. The number of imide groups is 1. The second-order valence-corrected chi connectivity index (χ2v) is 7.16. The second kappa shape index (κ2) is 7.04. The molecule has 4 amide bonds. The molecule has 0 atom stereocenters. The van der Waals surface area contributed by atoms with Gasteiger partial charge >= 0.3 is 6.03 Å². The molecule has 0 bridgehead atoms. The lowest BCUT2D eigenvalue weighted by molar-refractivity contribution is -0.137. The van der Waals surface area contributed by atoms with Gasteiger partial charge in [-0.1, -0.05) is 43.0 Å². The van der Waals surface area contributed by atoms with Gasteiger partial charge < -0.3 is 10.2 Å². The molecule has 1 saturated heterocycles. The standard InChI is InChI=1S/C18H22ClN3O3/c1-21-17(25)22(16(24)18(21)9-3-2-4-10-18)12-15(23)20-11-13-5-7-14(19)8-6-13/h5-8H,2-4,9-12H2,1H3,(H,20,23). The van der Waals surface area contributed by atoms with Crippen molar-refractivity contribution in [1.82, 2.24) is 15.1 Å². The van der Waals surface area contributed by atoms with Gasteiger partial charge in [-0.05, 0) is 30.5 Å². The normalized spacial score (nSPS) is 19.6. The molecule has 1 N–H and O–H groups in total. The monoisotopic (exact) mass is 363 g/mol. The second-order valence-electron chi connectivity index (χ2n) is 6.73. The van der Waals surface area contributed by atoms with E-state index in [1.165, 1.54) is 4.90 Å². The Bertz CT molecular complexity index is 683. The summed E-state index contributed by atoms with van der Waals surface area (Å²) in [6, 6.07) is 6.75. The van der Waals surface area contributed by atoms with Crippen LogP contribution in [0, 0.1) is 0 Å². The van der Waals surface area contributed by atoms with Crippen molar-refractivity contribution >= 4 is 29.4 Å². The fourth-order valence-electron chi connectivity index (χ4n) is 3.67. The molecule has 134 valence electrons. The number of hydrogen-bond donors (Lipinski definition) is 1. The average molecular weight is 364 g/mol. The lowest BCUT2D eigenvalue weighted by atomic mass is 9.81. The molecule has 2 fully saturated rings. The Hall–Kier alpha value is -2.08. The Morgan fingerprint density at radius 3 is 2.44 bits per heavy atom. The van der Waals surface area contributed by atoms with E-state index in [1.54, 1.807) is 19.2 Å². The Balaban J connectivity index is 1.61. The van der Waals surface area contributed by atoms with Crippen LogP contribution in [0.5, 0.6) is 0 Å². The molecule has 1 saturated carbocycles. The Morgan fingerprint density at radius 1 is 1.16 bits per heavy atom. The molecule has 0 aromatic heterocycles. The van der Waals surface area contributed by atoms with Crippen LogP contribution in [0.15, 0.2) is 24.3 Å². The molecule has 0 unspecified atom stereocenters. The summed E-state index contributed by atoms with van der Waals surface area (Å²) in [5.41, 5.74) is 0.156. The van der Waals surface area contributed by atoms with Crippen molar-refractivity contribution in [2.75, 3.05) is 13.6 Å². The van der Waals surface area contributed by atoms with E-state index in [2.05, 4.69) is 5.32 Å². The molecule has 25 heavy (non-hydrogen) atoms. The van der Waals surface area contributed by atoms with Crippen molar-refractivity contribution in [3.8, 4) is 0 Å². The largest absolute Gasteiger partial charge is 0.350 e. The molecule has 1 spiro atoms. The number of carbonyl (C=O) groups is 3. The highest BCUT2D eigenvalue weighted by Gasteiger charge is 2.55. The Labute approximate surface area is 152 Å². The number of benzene rings is 1. The molecule has 7 heteroatoms. The first-order valence-corrected chi connectivity index (χ1v) is 8.93. The predicted molar refractivity (Wildman–Crippen MR) is 94.0 cm³/mol. The van der Waals surface area contributed by atoms with Gasteiger partial charge in [0.05, 0.1) is 0 Å². The smallest absolute Gasteiger partial charge is 0.327 e. The van der Waals surface area contributed by atoms with Crippen molar-refractivity contribution in [1.29, 1.82) is 0 Å². The molecule has 0 radical (unpaired) electrons. The lowest BCUT2D eigenvalue weighted by Crippen LogP contribution is -2.49. The highest BCUT2D eigenvalue weighted by molar-refractivity contribution is 6.30. The highest BCUT2D eigenvalue weighted by Crippen LogP contribution is 2.39. The third-order valence-corrected chi connectivity index (χ3v) is 5.44. The van der Waals surface area contributed by atoms with Crippen molar-refractivity contribution in [2.24, 2.45) is 0 Å². The molecule has 2 aliphatic rings. The summed E-state index contributed by atoms with van der Waals surface area (Å²) < 4.78 is 0. The molecule has 1 aliphatic carbocycles. The van der Waals surface area contributed by atoms with Crippen LogP contribution in [0.3, 0.4) is 0 Å². The Kier molecular flexibility index (Phi) is 4.99. The van der Waals surface area contributed by atoms with Crippen molar-refractivity contribution in [3.63, 3.8) is 0 Å². The number of halogens is 1. The van der Waals surface area contributed by atoms with Crippen LogP contribution < -0.4 is 5.32 Å². The van der Waals surface area contributed by atoms with Gasteiger partial charge in [0.25, 0.3) is 5.91 Å². The summed E-state index contributed by atoms with van der Waals surface area (Å²) in [6.45, 7) is 0.0878. The SMILES string of the molecule is CN1C(=O)N(CC(=O)NCc2ccc(Cl)cc2)C(=O)C12CCCCC2. The van der Waals surface area contributed by atoms with Gasteiger partial charge in [0.1, 0.15) is 12.1 Å². The van der Waals surface area contributed by atoms with Gasteiger partial charge in [0.2, 0.25) is 5.91 Å². The van der Waals surface area contributed by atoms with E-state index in [-0.39, 0.29) is 24.4 Å². The van der Waals surface area contributed by atoms with Crippen LogP contribution in [0.2, 0.25) is 5.02 Å². The van der Waals surface area contributed by atoms with E-state index in [4.69, 9.17) is 11.6 Å². The number of amides is 4. The van der Waals surface area contributed by atoms with Gasteiger partial charge in [0, 0.05) is 18.6 Å². The maximum absolute atomic E-state index is 12.8. The molecule has 1 aromatic carbocycles. The number of carbonyl (C=O) groups excluding carboxylic acids is 3. The summed E-state index contributed by atoms with van der Waals surface area (Å²) in [7, 11) is 1.66. The van der Waals surface area contributed by atoms with E-state index in [0.717, 1.165) is 29.7 Å². The van der Waals surface area contributed by atoms with Crippen molar-refractivity contribution < 1.29 is 14.4 Å². The van der Waals surface area contributed by atoms with Gasteiger partial charge in [-0.2, -0.15) is 0 Å². The number of rotatable bonds is 4. The topological polar surface area (TPSA) is 69.7 Å². The van der Waals surface area contributed by atoms with Crippen LogP contribution >= 0.6 is 11.6 Å². The minimum absolute atomic E-state index is 0.235. The molecule has 1 heterocycles. The Morgan fingerprint density at radius 2 is 1.80 bits per heavy atom. The third-order valence-electron chi connectivity index (χ3n) is 5.19. The van der Waals surface area contributed by atoms with E-state index in [9.17, 15) is 14.4 Å². The number of likely N-dealkylation sites (N-methyl/N-ethyl adjacent to an activating group) is 1. The predicted octanol–water partition coefficient (Wildman–Crippen LogP) is 2.55. The van der Waals surface area contributed by atoms with Crippen LogP contribution in [-0.2, 0) is 16.1 Å². The molecular formula is C18H22ClN3O3. The summed E-state index contributed by atoms with van der Waals surface area (Å²) in [5, 5.41) is 3.37. The van der Waals surface area contributed by atoms with E-state index >= 15 is 0 Å². The zero-order valence-corrected chi connectivity index (χ0v) is 15.0. The molecule has 1 aliphatic heterocycles. The van der Waals surface area contributed by atoms with Gasteiger partial charge in [-0.25, -0.2) is 4.79 Å².